The van der Waals surface area contributed by atoms with Gasteiger partial charge in [0, 0.05) is 33.1 Å². The minimum atomic E-state index is 0.585. The summed E-state index contributed by atoms with van der Waals surface area (Å²) < 4.78 is 2.23. The number of aliphatic imine (C=N–C) groups is 1. The average Bonchev–Trinajstić information content (AvgIpc) is 3.18. The van der Waals surface area contributed by atoms with E-state index in [1.54, 1.807) is 11.3 Å². The van der Waals surface area contributed by atoms with E-state index in [4.69, 9.17) is 0 Å². The highest BCUT2D eigenvalue weighted by Gasteiger charge is 2.21. The monoisotopic (exact) mass is 318 g/mol. The molecule has 6 nitrogen and oxygen atoms in total. The van der Waals surface area contributed by atoms with Crippen molar-refractivity contribution in [1.82, 2.24) is 25.4 Å². The molecule has 0 fully saturated rings. The fraction of sp³-hybridized carbons (Fsp3) is 0.533. The quantitative estimate of drug-likeness (QED) is 0.663. The maximum absolute atomic E-state index is 4.29. The Morgan fingerprint density at radius 3 is 3.14 bits per heavy atom. The van der Waals surface area contributed by atoms with E-state index in [0.717, 1.165) is 50.1 Å². The van der Waals surface area contributed by atoms with Crippen molar-refractivity contribution in [3.8, 4) is 0 Å². The minimum Gasteiger partial charge on any atom is -0.356 e. The molecule has 3 rings (SSSR count). The second-order valence-electron chi connectivity index (χ2n) is 5.62. The summed E-state index contributed by atoms with van der Waals surface area (Å²) in [5.41, 5.74) is 1.29. The third-order valence-electron chi connectivity index (χ3n) is 4.05. The van der Waals surface area contributed by atoms with Crippen LogP contribution in [0.25, 0.3) is 0 Å². The van der Waals surface area contributed by atoms with Gasteiger partial charge in [0.1, 0.15) is 11.6 Å². The van der Waals surface area contributed by atoms with Gasteiger partial charge in [-0.2, -0.15) is 11.3 Å². The van der Waals surface area contributed by atoms with Crippen LogP contribution in [-0.2, 0) is 19.5 Å². The van der Waals surface area contributed by atoms with Crippen LogP contribution >= 0.6 is 11.3 Å². The van der Waals surface area contributed by atoms with Crippen molar-refractivity contribution in [2.75, 3.05) is 13.6 Å². The van der Waals surface area contributed by atoms with Crippen LogP contribution in [0.1, 0.15) is 23.6 Å². The number of hydrogen-bond donors (Lipinski definition) is 2. The van der Waals surface area contributed by atoms with Gasteiger partial charge in [0.05, 0.1) is 0 Å². The molecular formula is C15H22N6S. The second-order valence-corrected chi connectivity index (χ2v) is 6.40. The lowest BCUT2D eigenvalue weighted by Gasteiger charge is -2.25. The summed E-state index contributed by atoms with van der Waals surface area (Å²) in [6.07, 6.45) is 2.15. The van der Waals surface area contributed by atoms with Crippen LogP contribution in [0.5, 0.6) is 0 Å². The molecule has 2 aromatic rings. The van der Waals surface area contributed by atoms with Crippen LogP contribution in [0.2, 0.25) is 0 Å². The SMILES string of the molecule is CN=C(NCc1ccsc1)NCC1CCc2nnc(C)n2C1. The summed E-state index contributed by atoms with van der Waals surface area (Å²) in [5.74, 6) is 3.58. The van der Waals surface area contributed by atoms with Crippen molar-refractivity contribution in [2.24, 2.45) is 10.9 Å². The molecule has 7 heteroatoms. The molecule has 0 aliphatic carbocycles. The van der Waals surface area contributed by atoms with Crippen LogP contribution < -0.4 is 10.6 Å². The fourth-order valence-corrected chi connectivity index (χ4v) is 3.41. The smallest absolute Gasteiger partial charge is 0.191 e. The third-order valence-corrected chi connectivity index (χ3v) is 4.78. The molecule has 22 heavy (non-hydrogen) atoms. The van der Waals surface area contributed by atoms with Crippen molar-refractivity contribution < 1.29 is 0 Å². The van der Waals surface area contributed by atoms with Gasteiger partial charge in [-0.15, -0.1) is 10.2 Å². The normalized spacial score (nSPS) is 18.1. The predicted octanol–water partition coefficient (Wildman–Crippen LogP) is 1.58. The number of aryl methyl sites for hydroxylation is 2. The van der Waals surface area contributed by atoms with Gasteiger partial charge in [-0.1, -0.05) is 0 Å². The lowest BCUT2D eigenvalue weighted by Crippen LogP contribution is -2.41. The highest BCUT2D eigenvalue weighted by molar-refractivity contribution is 7.07. The molecule has 2 aromatic heterocycles. The molecule has 0 radical (unpaired) electrons. The van der Waals surface area contributed by atoms with Crippen molar-refractivity contribution in [1.29, 1.82) is 0 Å². The predicted molar refractivity (Wildman–Crippen MR) is 89.1 cm³/mol. The first kappa shape index (κ1) is 15.0. The zero-order chi connectivity index (χ0) is 15.4. The number of thiophene rings is 1. The maximum Gasteiger partial charge on any atom is 0.191 e. The van der Waals surface area contributed by atoms with Crippen molar-refractivity contribution >= 4 is 17.3 Å². The standard InChI is InChI=1S/C15H22N6S/c1-11-19-20-14-4-3-12(9-21(11)14)7-17-15(16-2)18-8-13-5-6-22-10-13/h5-6,10,12H,3-4,7-9H2,1-2H3,(H2,16,17,18). The number of aromatic nitrogens is 3. The Kier molecular flexibility index (Phi) is 4.72. The number of nitrogens with zero attached hydrogens (tertiary/aromatic N) is 4. The molecule has 2 N–H and O–H groups in total. The van der Waals surface area contributed by atoms with E-state index in [9.17, 15) is 0 Å². The van der Waals surface area contributed by atoms with E-state index in [1.165, 1.54) is 5.56 Å². The number of fused-ring (bicyclic) bond motifs is 1. The maximum atomic E-state index is 4.29. The Hall–Kier alpha value is -1.89. The van der Waals surface area contributed by atoms with E-state index >= 15 is 0 Å². The summed E-state index contributed by atoms with van der Waals surface area (Å²) in [6, 6.07) is 2.13. The molecular weight excluding hydrogens is 296 g/mol. The van der Waals surface area contributed by atoms with Gasteiger partial charge < -0.3 is 15.2 Å². The second kappa shape index (κ2) is 6.91. The van der Waals surface area contributed by atoms with Crippen LogP contribution in [0.4, 0.5) is 0 Å². The third kappa shape index (κ3) is 3.47. The highest BCUT2D eigenvalue weighted by atomic mass is 32.1. The van der Waals surface area contributed by atoms with E-state index in [1.807, 2.05) is 14.0 Å². The van der Waals surface area contributed by atoms with Gasteiger partial charge in [0.15, 0.2) is 5.96 Å². The molecule has 0 aromatic carbocycles. The molecule has 0 spiro atoms. The number of hydrogen-bond acceptors (Lipinski definition) is 4. The minimum absolute atomic E-state index is 0.585. The summed E-state index contributed by atoms with van der Waals surface area (Å²) in [4.78, 5) is 4.29. The van der Waals surface area contributed by atoms with Gasteiger partial charge in [0.25, 0.3) is 0 Å². The van der Waals surface area contributed by atoms with Gasteiger partial charge in [0.2, 0.25) is 0 Å². The van der Waals surface area contributed by atoms with Crippen LogP contribution in [0.3, 0.4) is 0 Å². The summed E-state index contributed by atoms with van der Waals surface area (Å²) in [5, 5.41) is 19.4. The van der Waals surface area contributed by atoms with Crippen LogP contribution in [0, 0.1) is 12.8 Å². The van der Waals surface area contributed by atoms with E-state index in [2.05, 4.69) is 47.2 Å². The zero-order valence-electron chi connectivity index (χ0n) is 13.0. The van der Waals surface area contributed by atoms with Gasteiger partial charge >= 0.3 is 0 Å². The number of nitrogens with one attached hydrogen (secondary N) is 2. The number of guanidine groups is 1. The Bertz CT molecular complexity index is 631. The molecule has 0 amide bonds. The molecule has 0 saturated carbocycles. The first-order valence-electron chi connectivity index (χ1n) is 7.60. The van der Waals surface area contributed by atoms with Crippen molar-refractivity contribution in [3.05, 3.63) is 34.0 Å². The molecule has 1 atom stereocenters. The Balaban J connectivity index is 1.48. The highest BCUT2D eigenvalue weighted by Crippen LogP contribution is 2.19. The number of rotatable bonds is 4. The Labute approximate surface area is 134 Å². The Morgan fingerprint density at radius 2 is 2.36 bits per heavy atom. The first-order chi connectivity index (χ1) is 10.8. The summed E-state index contributed by atoms with van der Waals surface area (Å²) in [7, 11) is 1.81. The van der Waals surface area contributed by atoms with E-state index in [0.29, 0.717) is 5.92 Å². The lowest BCUT2D eigenvalue weighted by atomic mass is 9.99. The fourth-order valence-electron chi connectivity index (χ4n) is 2.74. The van der Waals surface area contributed by atoms with Crippen molar-refractivity contribution in [2.45, 2.75) is 32.9 Å². The van der Waals surface area contributed by atoms with Gasteiger partial charge in [-0.3, -0.25) is 4.99 Å². The van der Waals surface area contributed by atoms with E-state index in [-0.39, 0.29) is 0 Å². The van der Waals surface area contributed by atoms with Crippen LogP contribution in [-0.4, -0.2) is 34.3 Å². The molecule has 1 aliphatic rings. The zero-order valence-corrected chi connectivity index (χ0v) is 13.9. The molecule has 3 heterocycles. The summed E-state index contributed by atoms with van der Waals surface area (Å²) in [6.45, 7) is 4.74. The molecule has 118 valence electrons. The lowest BCUT2D eigenvalue weighted by molar-refractivity contribution is 0.358. The Morgan fingerprint density at radius 1 is 1.45 bits per heavy atom. The van der Waals surface area contributed by atoms with E-state index < -0.39 is 0 Å². The van der Waals surface area contributed by atoms with Gasteiger partial charge in [-0.25, -0.2) is 0 Å². The first-order valence-corrected chi connectivity index (χ1v) is 8.55. The molecule has 0 saturated heterocycles. The molecule has 1 aliphatic heterocycles. The summed E-state index contributed by atoms with van der Waals surface area (Å²) >= 11 is 1.72. The van der Waals surface area contributed by atoms with Crippen LogP contribution in [0.15, 0.2) is 21.8 Å². The molecule has 1 unspecified atom stereocenters. The topological polar surface area (TPSA) is 67.1 Å². The van der Waals surface area contributed by atoms with Gasteiger partial charge in [-0.05, 0) is 41.7 Å². The average molecular weight is 318 g/mol. The molecule has 0 bridgehead atoms. The largest absolute Gasteiger partial charge is 0.356 e. The van der Waals surface area contributed by atoms with Crippen molar-refractivity contribution in [3.63, 3.8) is 0 Å².